The number of rotatable bonds is 4. The molecule has 20 heavy (non-hydrogen) atoms. The topological polar surface area (TPSA) is 87.7 Å². The summed E-state index contributed by atoms with van der Waals surface area (Å²) in [5.74, 6) is -1.02. The molecule has 1 rings (SSSR count). The van der Waals surface area contributed by atoms with Crippen molar-refractivity contribution < 1.29 is 19.4 Å². The molecule has 1 aliphatic rings. The van der Waals surface area contributed by atoms with E-state index < -0.39 is 23.5 Å². The Morgan fingerprint density at radius 1 is 1.30 bits per heavy atom. The van der Waals surface area contributed by atoms with Crippen molar-refractivity contribution in [3.8, 4) is 0 Å². The van der Waals surface area contributed by atoms with Crippen molar-refractivity contribution in [2.45, 2.75) is 46.6 Å². The monoisotopic (exact) mass is 286 g/mol. The number of aliphatic carboxylic acids is 1. The SMILES string of the molecule is CC1(CNC(=O)N[C@@H](C(=O)O)C(C)(C)C)CCOCC1. The van der Waals surface area contributed by atoms with Crippen LogP contribution in [0.25, 0.3) is 0 Å². The second-order valence-corrected chi connectivity index (χ2v) is 6.89. The van der Waals surface area contributed by atoms with Crippen molar-refractivity contribution in [3.05, 3.63) is 0 Å². The zero-order valence-corrected chi connectivity index (χ0v) is 12.8. The van der Waals surface area contributed by atoms with Gasteiger partial charge in [-0.05, 0) is 23.7 Å². The highest BCUT2D eigenvalue weighted by molar-refractivity contribution is 5.83. The van der Waals surface area contributed by atoms with Gasteiger partial charge in [0, 0.05) is 19.8 Å². The molecule has 0 aromatic carbocycles. The zero-order valence-electron chi connectivity index (χ0n) is 12.8. The summed E-state index contributed by atoms with van der Waals surface area (Å²) in [6, 6.07) is -1.34. The maximum Gasteiger partial charge on any atom is 0.326 e. The summed E-state index contributed by atoms with van der Waals surface area (Å²) in [5.41, 5.74) is -0.512. The van der Waals surface area contributed by atoms with E-state index in [1.807, 2.05) is 0 Å². The molecule has 2 amide bonds. The van der Waals surface area contributed by atoms with Crippen molar-refractivity contribution in [3.63, 3.8) is 0 Å². The molecule has 0 spiro atoms. The van der Waals surface area contributed by atoms with E-state index in [9.17, 15) is 9.59 Å². The molecule has 1 fully saturated rings. The largest absolute Gasteiger partial charge is 0.480 e. The highest BCUT2D eigenvalue weighted by Gasteiger charge is 2.33. The maximum atomic E-state index is 11.9. The van der Waals surface area contributed by atoms with Crippen LogP contribution in [0, 0.1) is 10.8 Å². The molecule has 0 bridgehead atoms. The summed E-state index contributed by atoms with van der Waals surface area (Å²) in [6.07, 6.45) is 1.80. The number of amides is 2. The number of nitrogens with one attached hydrogen (secondary N) is 2. The fraction of sp³-hybridized carbons (Fsp3) is 0.857. The minimum Gasteiger partial charge on any atom is -0.480 e. The Labute approximate surface area is 120 Å². The van der Waals surface area contributed by atoms with E-state index in [0.29, 0.717) is 19.8 Å². The standard InChI is InChI=1S/C14H26N2O4/c1-13(2,3)10(11(17)18)16-12(19)15-9-14(4)5-7-20-8-6-14/h10H,5-9H2,1-4H3,(H,17,18)(H2,15,16,19)/t10-/m0/s1. The van der Waals surface area contributed by atoms with Crippen LogP contribution in [0.15, 0.2) is 0 Å². The minimum absolute atomic E-state index is 0.0239. The number of urea groups is 1. The van der Waals surface area contributed by atoms with Crippen LogP contribution in [0.4, 0.5) is 4.79 Å². The lowest BCUT2D eigenvalue weighted by atomic mass is 9.82. The van der Waals surface area contributed by atoms with Crippen LogP contribution < -0.4 is 10.6 Å². The predicted octanol–water partition coefficient (Wildman–Crippen LogP) is 1.60. The van der Waals surface area contributed by atoms with Gasteiger partial charge in [0.1, 0.15) is 6.04 Å². The van der Waals surface area contributed by atoms with Gasteiger partial charge in [0.2, 0.25) is 0 Å². The summed E-state index contributed by atoms with van der Waals surface area (Å²) in [5, 5.41) is 14.5. The van der Waals surface area contributed by atoms with Gasteiger partial charge in [-0.15, -0.1) is 0 Å². The third kappa shape index (κ3) is 5.00. The van der Waals surface area contributed by atoms with E-state index >= 15 is 0 Å². The lowest BCUT2D eigenvalue weighted by molar-refractivity contribution is -0.141. The molecule has 116 valence electrons. The van der Waals surface area contributed by atoms with E-state index in [4.69, 9.17) is 9.84 Å². The van der Waals surface area contributed by atoms with Gasteiger partial charge in [0.25, 0.3) is 0 Å². The lowest BCUT2D eigenvalue weighted by Crippen LogP contribution is -2.53. The highest BCUT2D eigenvalue weighted by atomic mass is 16.5. The number of carbonyl (C=O) groups is 2. The summed E-state index contributed by atoms with van der Waals surface area (Å²) < 4.78 is 5.31. The average molecular weight is 286 g/mol. The van der Waals surface area contributed by atoms with E-state index in [-0.39, 0.29) is 5.41 Å². The number of carboxylic acids is 1. The van der Waals surface area contributed by atoms with Crippen LogP contribution in [0.2, 0.25) is 0 Å². The van der Waals surface area contributed by atoms with Crippen LogP contribution >= 0.6 is 0 Å². The molecule has 1 atom stereocenters. The number of carbonyl (C=O) groups excluding carboxylic acids is 1. The van der Waals surface area contributed by atoms with Gasteiger partial charge in [-0.25, -0.2) is 9.59 Å². The maximum absolute atomic E-state index is 11.9. The second-order valence-electron chi connectivity index (χ2n) is 6.89. The van der Waals surface area contributed by atoms with Gasteiger partial charge in [0.15, 0.2) is 0 Å². The second kappa shape index (κ2) is 6.43. The van der Waals surface area contributed by atoms with Crippen LogP contribution in [0.5, 0.6) is 0 Å². The summed E-state index contributed by atoms with van der Waals surface area (Å²) in [6.45, 7) is 9.40. The van der Waals surface area contributed by atoms with Crippen molar-refractivity contribution in [1.29, 1.82) is 0 Å². The first-order chi connectivity index (χ1) is 9.14. The number of ether oxygens (including phenoxy) is 1. The molecule has 6 nitrogen and oxygen atoms in total. The van der Waals surface area contributed by atoms with Crippen molar-refractivity contribution in [2.75, 3.05) is 19.8 Å². The number of carboxylic acid groups (broad SMARTS) is 1. The zero-order chi connectivity index (χ0) is 15.4. The fourth-order valence-corrected chi connectivity index (χ4v) is 2.17. The van der Waals surface area contributed by atoms with Crippen molar-refractivity contribution in [1.82, 2.24) is 10.6 Å². The molecule has 1 heterocycles. The van der Waals surface area contributed by atoms with Crippen LogP contribution in [-0.4, -0.2) is 42.9 Å². The molecule has 0 radical (unpaired) electrons. The number of hydrogen-bond donors (Lipinski definition) is 3. The molecular weight excluding hydrogens is 260 g/mol. The lowest BCUT2D eigenvalue weighted by Gasteiger charge is -2.34. The smallest absolute Gasteiger partial charge is 0.326 e. The van der Waals surface area contributed by atoms with Gasteiger partial charge in [-0.3, -0.25) is 0 Å². The quantitative estimate of drug-likeness (QED) is 0.732. The molecule has 0 aromatic heterocycles. The van der Waals surface area contributed by atoms with E-state index in [1.165, 1.54) is 0 Å². The van der Waals surface area contributed by atoms with Gasteiger partial charge >= 0.3 is 12.0 Å². The predicted molar refractivity (Wildman–Crippen MR) is 75.6 cm³/mol. The molecule has 0 aromatic rings. The Hall–Kier alpha value is -1.30. The van der Waals surface area contributed by atoms with Gasteiger partial charge in [-0.1, -0.05) is 27.7 Å². The Morgan fingerprint density at radius 3 is 2.30 bits per heavy atom. The fourth-order valence-electron chi connectivity index (χ4n) is 2.17. The van der Waals surface area contributed by atoms with Crippen molar-refractivity contribution >= 4 is 12.0 Å². The van der Waals surface area contributed by atoms with Crippen LogP contribution in [0.3, 0.4) is 0 Å². The normalized spacial score (nSPS) is 20.0. The Morgan fingerprint density at radius 2 is 1.85 bits per heavy atom. The first-order valence-electron chi connectivity index (χ1n) is 6.99. The van der Waals surface area contributed by atoms with E-state index in [1.54, 1.807) is 20.8 Å². The summed E-state index contributed by atoms with van der Waals surface area (Å²) >= 11 is 0. The summed E-state index contributed by atoms with van der Waals surface area (Å²) in [7, 11) is 0. The van der Waals surface area contributed by atoms with Crippen LogP contribution in [0.1, 0.15) is 40.5 Å². The molecule has 1 saturated heterocycles. The minimum atomic E-state index is -1.02. The Kier molecular flexibility index (Phi) is 5.39. The number of hydrogen-bond acceptors (Lipinski definition) is 3. The molecule has 1 aliphatic heterocycles. The Bertz CT molecular complexity index is 357. The van der Waals surface area contributed by atoms with E-state index in [0.717, 1.165) is 12.8 Å². The summed E-state index contributed by atoms with van der Waals surface area (Å²) in [4.78, 5) is 23.1. The molecule has 0 unspecified atom stereocenters. The Balaban J connectivity index is 2.48. The molecule has 0 saturated carbocycles. The van der Waals surface area contributed by atoms with Gasteiger partial charge < -0.3 is 20.5 Å². The van der Waals surface area contributed by atoms with E-state index in [2.05, 4.69) is 17.6 Å². The molecule has 0 aliphatic carbocycles. The first-order valence-corrected chi connectivity index (χ1v) is 6.99. The van der Waals surface area contributed by atoms with Gasteiger partial charge in [0.05, 0.1) is 0 Å². The first kappa shape index (κ1) is 16.8. The third-order valence-corrected chi connectivity index (χ3v) is 3.76. The molecule has 6 heteroatoms. The van der Waals surface area contributed by atoms with Gasteiger partial charge in [-0.2, -0.15) is 0 Å². The third-order valence-electron chi connectivity index (χ3n) is 3.76. The molecule has 3 N–H and O–H groups in total. The highest BCUT2D eigenvalue weighted by Crippen LogP contribution is 2.28. The van der Waals surface area contributed by atoms with Crippen LogP contribution in [-0.2, 0) is 9.53 Å². The average Bonchev–Trinajstić information content (AvgIpc) is 2.33. The van der Waals surface area contributed by atoms with Crippen molar-refractivity contribution in [2.24, 2.45) is 10.8 Å². The molecular formula is C14H26N2O4.